The number of rotatable bonds is 6. The molecular formula is C13H19BrN2O3S. The van der Waals surface area contributed by atoms with E-state index in [2.05, 4.69) is 20.7 Å². The van der Waals surface area contributed by atoms with E-state index < -0.39 is 10.0 Å². The highest BCUT2D eigenvalue weighted by Crippen LogP contribution is 2.23. The molecule has 1 rings (SSSR count). The van der Waals surface area contributed by atoms with Crippen LogP contribution in [0.4, 0.5) is 5.69 Å². The predicted octanol–water partition coefficient (Wildman–Crippen LogP) is 2.05. The number of carbonyl (C=O) groups is 1. The van der Waals surface area contributed by atoms with Crippen molar-refractivity contribution in [3.63, 3.8) is 0 Å². The van der Waals surface area contributed by atoms with E-state index in [1.165, 1.54) is 6.92 Å². The number of nitrogens with one attached hydrogen (secondary N) is 1. The van der Waals surface area contributed by atoms with Crippen LogP contribution in [0.25, 0.3) is 0 Å². The molecule has 0 unspecified atom stereocenters. The van der Waals surface area contributed by atoms with Crippen LogP contribution in [0.5, 0.6) is 0 Å². The SMILES string of the molecule is CCS(=O)(=O)NCCN(C(C)=O)c1ccc(C)c(Br)c1. The fourth-order valence-electron chi connectivity index (χ4n) is 1.63. The molecule has 0 aliphatic carbocycles. The van der Waals surface area contributed by atoms with Crippen molar-refractivity contribution in [1.29, 1.82) is 0 Å². The minimum atomic E-state index is -3.24. The van der Waals surface area contributed by atoms with Crippen molar-refractivity contribution in [1.82, 2.24) is 4.72 Å². The van der Waals surface area contributed by atoms with Crippen LogP contribution in [0.2, 0.25) is 0 Å². The van der Waals surface area contributed by atoms with Gasteiger partial charge in [-0.05, 0) is 31.5 Å². The van der Waals surface area contributed by atoms with Gasteiger partial charge in [-0.1, -0.05) is 22.0 Å². The summed E-state index contributed by atoms with van der Waals surface area (Å²) in [6.45, 7) is 5.48. The summed E-state index contributed by atoms with van der Waals surface area (Å²) in [5, 5.41) is 0. The van der Waals surface area contributed by atoms with E-state index in [0.717, 1.165) is 15.7 Å². The Morgan fingerprint density at radius 2 is 2.05 bits per heavy atom. The predicted molar refractivity (Wildman–Crippen MR) is 84.4 cm³/mol. The monoisotopic (exact) mass is 362 g/mol. The van der Waals surface area contributed by atoms with Crippen LogP contribution < -0.4 is 9.62 Å². The van der Waals surface area contributed by atoms with Crippen molar-refractivity contribution in [2.75, 3.05) is 23.7 Å². The molecule has 5 nitrogen and oxygen atoms in total. The lowest BCUT2D eigenvalue weighted by Crippen LogP contribution is -2.38. The van der Waals surface area contributed by atoms with E-state index in [4.69, 9.17) is 0 Å². The van der Waals surface area contributed by atoms with Crippen molar-refractivity contribution in [3.8, 4) is 0 Å². The number of amides is 1. The summed E-state index contributed by atoms with van der Waals surface area (Å²) in [6.07, 6.45) is 0. The first kappa shape index (κ1) is 17.1. The number of benzene rings is 1. The first-order chi connectivity index (χ1) is 9.26. The highest BCUT2D eigenvalue weighted by molar-refractivity contribution is 9.10. The average molecular weight is 363 g/mol. The van der Waals surface area contributed by atoms with Gasteiger partial charge >= 0.3 is 0 Å². The van der Waals surface area contributed by atoms with Crippen LogP contribution in [0.3, 0.4) is 0 Å². The standard InChI is InChI=1S/C13H19BrN2O3S/c1-4-20(18,19)15-7-8-16(11(3)17)12-6-5-10(2)13(14)9-12/h5-6,9,15H,4,7-8H2,1-3H3. The second kappa shape index (κ2) is 7.19. The van der Waals surface area contributed by atoms with E-state index in [1.54, 1.807) is 11.8 Å². The lowest BCUT2D eigenvalue weighted by atomic mass is 10.2. The maximum absolute atomic E-state index is 11.7. The molecule has 112 valence electrons. The zero-order valence-electron chi connectivity index (χ0n) is 11.8. The van der Waals surface area contributed by atoms with Crippen LogP contribution >= 0.6 is 15.9 Å². The topological polar surface area (TPSA) is 66.5 Å². The molecule has 0 spiro atoms. The number of hydrogen-bond donors (Lipinski definition) is 1. The van der Waals surface area contributed by atoms with Crippen LogP contribution in [-0.4, -0.2) is 33.2 Å². The van der Waals surface area contributed by atoms with Crippen LogP contribution in [-0.2, 0) is 14.8 Å². The van der Waals surface area contributed by atoms with Gasteiger partial charge < -0.3 is 4.90 Å². The Bertz CT molecular complexity index is 587. The second-order valence-corrected chi connectivity index (χ2v) is 7.35. The zero-order valence-corrected chi connectivity index (χ0v) is 14.2. The Kier molecular flexibility index (Phi) is 6.16. The molecule has 0 heterocycles. The summed E-state index contributed by atoms with van der Waals surface area (Å²) < 4.78 is 26.1. The molecule has 0 aromatic heterocycles. The molecule has 0 saturated heterocycles. The van der Waals surface area contributed by atoms with E-state index in [9.17, 15) is 13.2 Å². The number of carbonyl (C=O) groups excluding carboxylic acids is 1. The van der Waals surface area contributed by atoms with Crippen molar-refractivity contribution in [2.45, 2.75) is 20.8 Å². The summed E-state index contributed by atoms with van der Waals surface area (Å²) >= 11 is 3.43. The lowest BCUT2D eigenvalue weighted by Gasteiger charge is -2.22. The normalized spacial score (nSPS) is 11.4. The van der Waals surface area contributed by atoms with Gasteiger partial charge in [0.05, 0.1) is 5.75 Å². The lowest BCUT2D eigenvalue weighted by molar-refractivity contribution is -0.116. The largest absolute Gasteiger partial charge is 0.311 e. The van der Waals surface area contributed by atoms with E-state index >= 15 is 0 Å². The molecule has 0 bridgehead atoms. The van der Waals surface area contributed by atoms with Crippen LogP contribution in [0.1, 0.15) is 19.4 Å². The molecular weight excluding hydrogens is 344 g/mol. The Labute approximate surface area is 128 Å². The first-order valence-electron chi connectivity index (χ1n) is 6.28. The molecule has 0 aliphatic heterocycles. The summed E-state index contributed by atoms with van der Waals surface area (Å²) in [4.78, 5) is 13.2. The van der Waals surface area contributed by atoms with Crippen LogP contribution in [0.15, 0.2) is 22.7 Å². The van der Waals surface area contributed by atoms with Gasteiger partial charge in [0.25, 0.3) is 0 Å². The molecule has 1 aromatic carbocycles. The summed E-state index contributed by atoms with van der Waals surface area (Å²) in [6, 6.07) is 5.60. The van der Waals surface area contributed by atoms with Crippen molar-refractivity contribution >= 4 is 37.5 Å². The molecule has 7 heteroatoms. The maximum Gasteiger partial charge on any atom is 0.223 e. The fourth-order valence-corrected chi connectivity index (χ4v) is 2.61. The number of anilines is 1. The van der Waals surface area contributed by atoms with E-state index in [0.29, 0.717) is 6.54 Å². The van der Waals surface area contributed by atoms with Gasteiger partial charge in [0.2, 0.25) is 15.9 Å². The van der Waals surface area contributed by atoms with E-state index in [-0.39, 0.29) is 18.2 Å². The van der Waals surface area contributed by atoms with Gasteiger partial charge in [-0.25, -0.2) is 13.1 Å². The smallest absolute Gasteiger partial charge is 0.223 e. The van der Waals surface area contributed by atoms with Gasteiger partial charge in [0, 0.05) is 30.2 Å². The maximum atomic E-state index is 11.7. The molecule has 1 amide bonds. The van der Waals surface area contributed by atoms with Gasteiger partial charge in [-0.15, -0.1) is 0 Å². The minimum absolute atomic E-state index is 0.0309. The Morgan fingerprint density at radius 3 is 2.55 bits per heavy atom. The average Bonchev–Trinajstić information content (AvgIpc) is 2.38. The Balaban J connectivity index is 2.80. The number of sulfonamides is 1. The molecule has 0 saturated carbocycles. The number of hydrogen-bond acceptors (Lipinski definition) is 3. The third-order valence-corrected chi connectivity index (χ3v) is 5.14. The Morgan fingerprint density at radius 1 is 1.40 bits per heavy atom. The van der Waals surface area contributed by atoms with Gasteiger partial charge in [0.1, 0.15) is 0 Å². The summed E-state index contributed by atoms with van der Waals surface area (Å²) in [5.74, 6) is -0.0974. The summed E-state index contributed by atoms with van der Waals surface area (Å²) in [7, 11) is -3.24. The molecule has 0 aliphatic rings. The summed E-state index contributed by atoms with van der Waals surface area (Å²) in [5.41, 5.74) is 1.81. The minimum Gasteiger partial charge on any atom is -0.311 e. The third kappa shape index (κ3) is 4.88. The van der Waals surface area contributed by atoms with Gasteiger partial charge in [0.15, 0.2) is 0 Å². The van der Waals surface area contributed by atoms with Crippen molar-refractivity contribution in [2.24, 2.45) is 0 Å². The number of halogens is 1. The molecule has 0 atom stereocenters. The first-order valence-corrected chi connectivity index (χ1v) is 8.73. The molecule has 20 heavy (non-hydrogen) atoms. The fraction of sp³-hybridized carbons (Fsp3) is 0.462. The Hall–Kier alpha value is -0.920. The van der Waals surface area contributed by atoms with Gasteiger partial charge in [-0.3, -0.25) is 4.79 Å². The van der Waals surface area contributed by atoms with Gasteiger partial charge in [-0.2, -0.15) is 0 Å². The third-order valence-electron chi connectivity index (χ3n) is 2.88. The van der Waals surface area contributed by atoms with Crippen molar-refractivity contribution < 1.29 is 13.2 Å². The highest BCUT2D eigenvalue weighted by Gasteiger charge is 2.13. The second-order valence-electron chi connectivity index (χ2n) is 4.40. The molecule has 0 radical (unpaired) electrons. The molecule has 1 N–H and O–H groups in total. The van der Waals surface area contributed by atoms with E-state index in [1.807, 2.05) is 25.1 Å². The van der Waals surface area contributed by atoms with Crippen LogP contribution in [0, 0.1) is 6.92 Å². The molecule has 1 aromatic rings. The highest BCUT2D eigenvalue weighted by atomic mass is 79.9. The van der Waals surface area contributed by atoms with Crippen molar-refractivity contribution in [3.05, 3.63) is 28.2 Å². The number of nitrogens with zero attached hydrogens (tertiary/aromatic N) is 1. The number of aryl methyl sites for hydroxylation is 1. The molecule has 0 fully saturated rings. The zero-order chi connectivity index (χ0) is 15.3. The quantitative estimate of drug-likeness (QED) is 0.841.